The molecule has 0 radical (unpaired) electrons. The molecule has 1 amide bonds. The molecule has 2 aliphatic rings. The highest BCUT2D eigenvalue weighted by atomic mass is 19.1. The number of rotatable bonds is 3. The normalized spacial score (nSPS) is 26.3. The van der Waals surface area contributed by atoms with Gasteiger partial charge >= 0.3 is 0 Å². The van der Waals surface area contributed by atoms with Crippen LogP contribution in [0.15, 0.2) is 24.3 Å². The number of nitrogens with one attached hydrogen (secondary N) is 1. The second-order valence-corrected chi connectivity index (χ2v) is 6.79. The molecule has 0 spiro atoms. The lowest BCUT2D eigenvalue weighted by Gasteiger charge is -2.39. The van der Waals surface area contributed by atoms with Gasteiger partial charge in [-0.2, -0.15) is 0 Å². The Morgan fingerprint density at radius 3 is 3.04 bits per heavy atom. The van der Waals surface area contributed by atoms with Crippen LogP contribution in [0, 0.1) is 11.7 Å². The van der Waals surface area contributed by atoms with Gasteiger partial charge in [-0.25, -0.2) is 4.39 Å². The Hall–Kier alpha value is -1.46. The summed E-state index contributed by atoms with van der Waals surface area (Å²) in [6, 6.07) is 7.03. The highest BCUT2D eigenvalue weighted by molar-refractivity contribution is 5.79. The first kappa shape index (κ1) is 16.4. The second kappa shape index (κ2) is 7.41. The second-order valence-electron chi connectivity index (χ2n) is 6.79. The first-order valence-corrected chi connectivity index (χ1v) is 8.61. The van der Waals surface area contributed by atoms with Crippen LogP contribution < -0.4 is 5.32 Å². The van der Waals surface area contributed by atoms with Gasteiger partial charge in [-0.15, -0.1) is 0 Å². The average Bonchev–Trinajstić information content (AvgIpc) is 2.55. The van der Waals surface area contributed by atoms with E-state index in [9.17, 15) is 9.18 Å². The summed E-state index contributed by atoms with van der Waals surface area (Å²) >= 11 is 0. The van der Waals surface area contributed by atoms with Crippen LogP contribution in [0.3, 0.4) is 0 Å². The van der Waals surface area contributed by atoms with Crippen molar-refractivity contribution in [3.63, 3.8) is 0 Å². The molecule has 2 atom stereocenters. The first-order valence-electron chi connectivity index (χ1n) is 8.61. The maximum Gasteiger partial charge on any atom is 0.227 e. The number of piperidine rings is 1. The summed E-state index contributed by atoms with van der Waals surface area (Å²) < 4.78 is 13.3. The van der Waals surface area contributed by atoms with E-state index in [-0.39, 0.29) is 17.8 Å². The van der Waals surface area contributed by atoms with Gasteiger partial charge < -0.3 is 10.2 Å². The molecule has 2 fully saturated rings. The summed E-state index contributed by atoms with van der Waals surface area (Å²) in [6.45, 7) is 7.17. The molecular formula is C18H26FN3O. The van der Waals surface area contributed by atoms with Crippen LogP contribution in [0.25, 0.3) is 0 Å². The van der Waals surface area contributed by atoms with Gasteiger partial charge in [0.1, 0.15) is 5.82 Å². The Bertz CT molecular complexity index is 551. The number of hydrogen-bond donors (Lipinski definition) is 1. The van der Waals surface area contributed by atoms with E-state index in [0.29, 0.717) is 5.91 Å². The van der Waals surface area contributed by atoms with E-state index in [1.54, 1.807) is 12.1 Å². The smallest absolute Gasteiger partial charge is 0.227 e. The lowest BCUT2D eigenvalue weighted by Crippen LogP contribution is -2.55. The zero-order valence-corrected chi connectivity index (χ0v) is 13.8. The fourth-order valence-corrected chi connectivity index (χ4v) is 3.70. The minimum absolute atomic E-state index is 0.0814. The molecule has 3 rings (SSSR count). The third kappa shape index (κ3) is 4.09. The van der Waals surface area contributed by atoms with Gasteiger partial charge in [0.2, 0.25) is 5.91 Å². The molecule has 1 N–H and O–H groups in total. The zero-order chi connectivity index (χ0) is 16.2. The van der Waals surface area contributed by atoms with E-state index in [1.807, 2.05) is 11.0 Å². The Morgan fingerprint density at radius 1 is 1.39 bits per heavy atom. The van der Waals surface area contributed by atoms with Crippen LogP contribution in [-0.2, 0) is 11.3 Å². The van der Waals surface area contributed by atoms with Gasteiger partial charge in [-0.3, -0.25) is 9.69 Å². The molecule has 126 valence electrons. The van der Waals surface area contributed by atoms with E-state index in [2.05, 4.69) is 17.1 Å². The Morgan fingerprint density at radius 2 is 2.26 bits per heavy atom. The average molecular weight is 319 g/mol. The predicted octanol–water partition coefficient (Wildman–Crippen LogP) is 1.86. The Balaban J connectivity index is 1.60. The van der Waals surface area contributed by atoms with Crippen LogP contribution in [0.2, 0.25) is 0 Å². The molecule has 0 aliphatic carbocycles. The molecule has 2 saturated heterocycles. The quantitative estimate of drug-likeness (QED) is 0.924. The van der Waals surface area contributed by atoms with E-state index in [1.165, 1.54) is 6.07 Å². The number of hydrogen-bond acceptors (Lipinski definition) is 3. The largest absolute Gasteiger partial charge is 0.337 e. The fourth-order valence-electron chi connectivity index (χ4n) is 3.70. The highest BCUT2D eigenvalue weighted by Gasteiger charge is 2.32. The number of halogens is 1. The van der Waals surface area contributed by atoms with Crippen molar-refractivity contribution in [2.75, 3.05) is 32.7 Å². The van der Waals surface area contributed by atoms with Crippen molar-refractivity contribution in [1.82, 2.24) is 15.1 Å². The minimum Gasteiger partial charge on any atom is -0.337 e. The third-order valence-electron chi connectivity index (χ3n) is 4.93. The van der Waals surface area contributed by atoms with Gasteiger partial charge in [0.15, 0.2) is 0 Å². The SMILES string of the molecule is C[C@H]1CNCCN1C(=O)[C@H]1CCCN(Cc2cccc(F)c2)C1. The molecule has 1 aromatic carbocycles. The molecule has 0 saturated carbocycles. The summed E-state index contributed by atoms with van der Waals surface area (Å²) in [7, 11) is 0. The molecule has 23 heavy (non-hydrogen) atoms. The maximum atomic E-state index is 13.3. The fraction of sp³-hybridized carbons (Fsp3) is 0.611. The summed E-state index contributed by atoms with van der Waals surface area (Å²) in [5.74, 6) is 0.183. The lowest BCUT2D eigenvalue weighted by molar-refractivity contribution is -0.140. The van der Waals surface area contributed by atoms with Crippen LogP contribution >= 0.6 is 0 Å². The van der Waals surface area contributed by atoms with Crippen LogP contribution in [-0.4, -0.2) is 54.5 Å². The first-order chi connectivity index (χ1) is 11.1. The van der Waals surface area contributed by atoms with Crippen molar-refractivity contribution in [3.8, 4) is 0 Å². The van der Waals surface area contributed by atoms with Crippen LogP contribution in [0.4, 0.5) is 4.39 Å². The monoisotopic (exact) mass is 319 g/mol. The van der Waals surface area contributed by atoms with Crippen molar-refractivity contribution in [2.45, 2.75) is 32.4 Å². The molecular weight excluding hydrogens is 293 g/mol. The topological polar surface area (TPSA) is 35.6 Å². The molecule has 5 heteroatoms. The summed E-state index contributed by atoms with van der Waals surface area (Å²) in [6.07, 6.45) is 2.00. The standard InChI is InChI=1S/C18H26FN3O/c1-14-11-20-7-9-22(14)18(23)16-5-3-8-21(13-16)12-15-4-2-6-17(19)10-15/h2,4,6,10,14,16,20H,3,5,7-9,11-13H2,1H3/t14-,16-/m0/s1. The molecule has 1 aromatic rings. The van der Waals surface area contributed by atoms with Crippen molar-refractivity contribution in [1.29, 1.82) is 0 Å². The molecule has 0 aromatic heterocycles. The molecule has 0 unspecified atom stereocenters. The molecule has 2 aliphatic heterocycles. The van der Waals surface area contributed by atoms with Crippen molar-refractivity contribution < 1.29 is 9.18 Å². The lowest BCUT2D eigenvalue weighted by atomic mass is 9.95. The predicted molar refractivity (Wildman–Crippen MR) is 88.4 cm³/mol. The molecule has 0 bridgehead atoms. The summed E-state index contributed by atoms with van der Waals surface area (Å²) in [5, 5.41) is 3.33. The Kier molecular flexibility index (Phi) is 5.28. The zero-order valence-electron chi connectivity index (χ0n) is 13.8. The summed E-state index contributed by atoms with van der Waals surface area (Å²) in [5.41, 5.74) is 0.980. The van der Waals surface area contributed by atoms with E-state index in [4.69, 9.17) is 0 Å². The molecule has 4 nitrogen and oxygen atoms in total. The van der Waals surface area contributed by atoms with Crippen molar-refractivity contribution in [2.24, 2.45) is 5.92 Å². The van der Waals surface area contributed by atoms with E-state index < -0.39 is 0 Å². The van der Waals surface area contributed by atoms with Gasteiger partial charge in [0.05, 0.1) is 5.92 Å². The Labute approximate surface area is 137 Å². The van der Waals surface area contributed by atoms with E-state index in [0.717, 1.165) is 57.7 Å². The van der Waals surface area contributed by atoms with Crippen molar-refractivity contribution in [3.05, 3.63) is 35.6 Å². The van der Waals surface area contributed by atoms with Crippen LogP contribution in [0.5, 0.6) is 0 Å². The van der Waals surface area contributed by atoms with Gasteiger partial charge in [-0.05, 0) is 44.0 Å². The van der Waals surface area contributed by atoms with Gasteiger partial charge in [0, 0.05) is 38.8 Å². The van der Waals surface area contributed by atoms with Gasteiger partial charge in [-0.1, -0.05) is 12.1 Å². The summed E-state index contributed by atoms with van der Waals surface area (Å²) in [4.78, 5) is 17.1. The maximum absolute atomic E-state index is 13.3. The highest BCUT2D eigenvalue weighted by Crippen LogP contribution is 2.22. The third-order valence-corrected chi connectivity index (χ3v) is 4.93. The minimum atomic E-state index is -0.193. The van der Waals surface area contributed by atoms with Crippen molar-refractivity contribution >= 4 is 5.91 Å². The number of carbonyl (C=O) groups excluding carboxylic acids is 1. The number of benzene rings is 1. The van der Waals surface area contributed by atoms with Gasteiger partial charge in [0.25, 0.3) is 0 Å². The van der Waals surface area contributed by atoms with Crippen LogP contribution in [0.1, 0.15) is 25.3 Å². The number of carbonyl (C=O) groups is 1. The number of amides is 1. The molecule has 2 heterocycles. The number of piperazine rings is 1. The van der Waals surface area contributed by atoms with E-state index >= 15 is 0 Å². The number of likely N-dealkylation sites (tertiary alicyclic amines) is 1. The number of nitrogens with zero attached hydrogens (tertiary/aromatic N) is 2.